The summed E-state index contributed by atoms with van der Waals surface area (Å²) in [7, 11) is 0. The molecule has 3 aliphatic rings. The van der Waals surface area contributed by atoms with Crippen molar-refractivity contribution in [3.05, 3.63) is 27.8 Å². The lowest BCUT2D eigenvalue weighted by Gasteiger charge is -2.41. The van der Waals surface area contributed by atoms with Crippen LogP contribution in [0.5, 0.6) is 5.75 Å². The van der Waals surface area contributed by atoms with Crippen LogP contribution in [0, 0.1) is 12.8 Å². The number of carboxylic acid groups (broad SMARTS) is 1. The summed E-state index contributed by atoms with van der Waals surface area (Å²) in [6.07, 6.45) is 4.39. The van der Waals surface area contributed by atoms with E-state index in [4.69, 9.17) is 25.8 Å². The van der Waals surface area contributed by atoms with Crippen LogP contribution in [0.1, 0.15) is 54.1 Å². The smallest absolute Gasteiger partial charge is 0.336 e. The number of halogens is 1. The van der Waals surface area contributed by atoms with E-state index in [-0.39, 0.29) is 17.0 Å². The van der Waals surface area contributed by atoms with Crippen molar-refractivity contribution in [1.29, 1.82) is 0 Å². The van der Waals surface area contributed by atoms with Gasteiger partial charge in [0.25, 0.3) is 0 Å². The summed E-state index contributed by atoms with van der Waals surface area (Å²) < 4.78 is 18.0. The van der Waals surface area contributed by atoms with Crippen molar-refractivity contribution in [2.45, 2.75) is 57.3 Å². The number of hydrogen-bond donors (Lipinski definition) is 1. The SMILES string of the molecule is Cc1c(C(=O)O)cc(Cl)c2c1OC(C)(C1CCC3(CC1)OCCO3)C2. The van der Waals surface area contributed by atoms with E-state index >= 15 is 0 Å². The van der Waals surface area contributed by atoms with Crippen molar-refractivity contribution >= 4 is 17.6 Å². The standard InChI is InChI=1S/C19H23ClO5/c1-11-13(17(21)22)9-15(20)14-10-18(2,25-16(11)14)12-3-5-19(6-4-12)23-7-8-24-19/h9,12H,3-8,10H2,1-2H3,(H,21,22). The molecule has 2 heterocycles. The number of rotatable bonds is 2. The van der Waals surface area contributed by atoms with Crippen LogP contribution in [-0.4, -0.2) is 35.7 Å². The zero-order chi connectivity index (χ0) is 17.8. The van der Waals surface area contributed by atoms with Crippen LogP contribution >= 0.6 is 11.6 Å². The fraction of sp³-hybridized carbons (Fsp3) is 0.632. The van der Waals surface area contributed by atoms with Crippen LogP contribution in [0.4, 0.5) is 0 Å². The zero-order valence-corrected chi connectivity index (χ0v) is 15.3. The van der Waals surface area contributed by atoms with Crippen LogP contribution in [0.2, 0.25) is 5.02 Å². The van der Waals surface area contributed by atoms with Gasteiger partial charge in [0.05, 0.1) is 18.8 Å². The Balaban J connectivity index is 1.57. The molecular formula is C19H23ClO5. The van der Waals surface area contributed by atoms with E-state index in [0.29, 0.717) is 41.9 Å². The molecule has 1 N–H and O–H groups in total. The molecule has 2 aliphatic heterocycles. The Bertz CT molecular complexity index is 715. The van der Waals surface area contributed by atoms with Crippen molar-refractivity contribution in [1.82, 2.24) is 0 Å². The lowest BCUT2D eigenvalue weighted by Crippen LogP contribution is -2.45. The first-order valence-electron chi connectivity index (χ1n) is 8.86. The van der Waals surface area contributed by atoms with E-state index in [1.807, 2.05) is 0 Å². The van der Waals surface area contributed by atoms with Gasteiger partial charge in [0.2, 0.25) is 0 Å². The highest BCUT2D eigenvalue weighted by atomic mass is 35.5. The second-order valence-electron chi connectivity index (χ2n) is 7.62. The van der Waals surface area contributed by atoms with E-state index in [1.165, 1.54) is 0 Å². The van der Waals surface area contributed by atoms with Crippen molar-refractivity contribution < 1.29 is 24.1 Å². The molecule has 25 heavy (non-hydrogen) atoms. The predicted molar refractivity (Wildman–Crippen MR) is 92.5 cm³/mol. The largest absolute Gasteiger partial charge is 0.486 e. The van der Waals surface area contributed by atoms with Gasteiger partial charge in [0.1, 0.15) is 11.4 Å². The molecule has 5 nitrogen and oxygen atoms in total. The van der Waals surface area contributed by atoms with Crippen molar-refractivity contribution in [2.75, 3.05) is 13.2 Å². The first-order valence-corrected chi connectivity index (χ1v) is 9.24. The Kier molecular flexibility index (Phi) is 4.02. The van der Waals surface area contributed by atoms with Gasteiger partial charge < -0.3 is 19.3 Å². The van der Waals surface area contributed by atoms with E-state index in [0.717, 1.165) is 31.2 Å². The molecule has 136 valence electrons. The van der Waals surface area contributed by atoms with Gasteiger partial charge in [-0.05, 0) is 38.7 Å². The van der Waals surface area contributed by atoms with Crippen LogP contribution in [-0.2, 0) is 15.9 Å². The Morgan fingerprint density at radius 2 is 1.92 bits per heavy atom. The van der Waals surface area contributed by atoms with Gasteiger partial charge in [-0.15, -0.1) is 0 Å². The zero-order valence-electron chi connectivity index (χ0n) is 14.6. The molecule has 1 saturated heterocycles. The maximum Gasteiger partial charge on any atom is 0.336 e. The highest BCUT2D eigenvalue weighted by molar-refractivity contribution is 6.32. The molecule has 1 aliphatic carbocycles. The van der Waals surface area contributed by atoms with Crippen LogP contribution in [0.15, 0.2) is 6.07 Å². The van der Waals surface area contributed by atoms with Gasteiger partial charge in [-0.3, -0.25) is 0 Å². The second kappa shape index (κ2) is 5.86. The van der Waals surface area contributed by atoms with Crippen molar-refractivity contribution in [3.63, 3.8) is 0 Å². The Hall–Kier alpha value is -1.30. The van der Waals surface area contributed by atoms with E-state index in [2.05, 4.69) is 6.92 Å². The number of fused-ring (bicyclic) bond motifs is 1. The van der Waals surface area contributed by atoms with Gasteiger partial charge in [0, 0.05) is 35.4 Å². The van der Waals surface area contributed by atoms with Gasteiger partial charge in [-0.25, -0.2) is 4.79 Å². The predicted octanol–water partition coefficient (Wildman–Crippen LogP) is 3.97. The molecule has 2 fully saturated rings. The second-order valence-corrected chi connectivity index (χ2v) is 8.02. The highest BCUT2D eigenvalue weighted by Crippen LogP contribution is 2.50. The maximum atomic E-state index is 11.4. The summed E-state index contributed by atoms with van der Waals surface area (Å²) in [5.74, 6) is -0.347. The number of carboxylic acids is 1. The van der Waals surface area contributed by atoms with E-state index in [9.17, 15) is 9.90 Å². The summed E-state index contributed by atoms with van der Waals surface area (Å²) in [6, 6.07) is 1.54. The molecule has 0 bridgehead atoms. The summed E-state index contributed by atoms with van der Waals surface area (Å²) >= 11 is 6.37. The number of benzene rings is 1. The minimum Gasteiger partial charge on any atom is -0.486 e. The topological polar surface area (TPSA) is 65.0 Å². The van der Waals surface area contributed by atoms with Crippen LogP contribution in [0.25, 0.3) is 0 Å². The molecule has 4 rings (SSSR count). The minimum atomic E-state index is -0.977. The molecule has 1 unspecified atom stereocenters. The molecule has 1 spiro atoms. The van der Waals surface area contributed by atoms with Crippen LogP contribution < -0.4 is 4.74 Å². The fourth-order valence-corrected chi connectivity index (χ4v) is 4.87. The highest BCUT2D eigenvalue weighted by Gasteiger charge is 2.49. The normalized spacial score (nSPS) is 28.1. The van der Waals surface area contributed by atoms with E-state index in [1.54, 1.807) is 13.0 Å². The third-order valence-corrected chi connectivity index (χ3v) is 6.43. The van der Waals surface area contributed by atoms with Gasteiger partial charge in [0.15, 0.2) is 5.79 Å². The molecular weight excluding hydrogens is 344 g/mol. The number of hydrogen-bond acceptors (Lipinski definition) is 4. The lowest BCUT2D eigenvalue weighted by molar-refractivity contribution is -0.190. The first kappa shape index (κ1) is 17.1. The quantitative estimate of drug-likeness (QED) is 0.857. The van der Waals surface area contributed by atoms with Gasteiger partial charge >= 0.3 is 5.97 Å². The van der Waals surface area contributed by atoms with Gasteiger partial charge in [-0.1, -0.05) is 11.6 Å². The molecule has 1 saturated carbocycles. The summed E-state index contributed by atoms with van der Waals surface area (Å²) in [4.78, 5) is 11.4. The number of ether oxygens (including phenoxy) is 3. The Morgan fingerprint density at radius 3 is 2.52 bits per heavy atom. The lowest BCUT2D eigenvalue weighted by atomic mass is 9.74. The van der Waals surface area contributed by atoms with Crippen molar-refractivity contribution in [2.24, 2.45) is 5.92 Å². The molecule has 0 radical (unpaired) electrons. The molecule has 1 aromatic carbocycles. The fourth-order valence-electron chi connectivity index (χ4n) is 4.61. The third kappa shape index (κ3) is 2.73. The first-order chi connectivity index (χ1) is 11.8. The minimum absolute atomic E-state index is 0.211. The number of aromatic carboxylic acids is 1. The third-order valence-electron chi connectivity index (χ3n) is 6.10. The van der Waals surface area contributed by atoms with Gasteiger partial charge in [-0.2, -0.15) is 0 Å². The Labute approximate surface area is 152 Å². The molecule has 0 aromatic heterocycles. The average Bonchev–Trinajstić information content (AvgIpc) is 3.17. The molecule has 1 atom stereocenters. The van der Waals surface area contributed by atoms with E-state index < -0.39 is 5.97 Å². The molecule has 1 aromatic rings. The monoisotopic (exact) mass is 366 g/mol. The number of carbonyl (C=O) groups is 1. The molecule has 6 heteroatoms. The Morgan fingerprint density at radius 1 is 1.28 bits per heavy atom. The molecule has 0 amide bonds. The van der Waals surface area contributed by atoms with Crippen LogP contribution in [0.3, 0.4) is 0 Å². The maximum absolute atomic E-state index is 11.4. The summed E-state index contributed by atoms with van der Waals surface area (Å²) in [5, 5.41) is 9.86. The summed E-state index contributed by atoms with van der Waals surface area (Å²) in [6.45, 7) is 5.26. The van der Waals surface area contributed by atoms with Crippen molar-refractivity contribution in [3.8, 4) is 5.75 Å². The average molecular weight is 367 g/mol. The summed E-state index contributed by atoms with van der Waals surface area (Å²) in [5.41, 5.74) is 1.43.